The number of aryl methyl sites for hydroxylation is 1. The lowest BCUT2D eigenvalue weighted by molar-refractivity contribution is 0.481. The number of nitrogens with zero attached hydrogens (tertiary/aromatic N) is 1. The second-order valence-electron chi connectivity index (χ2n) is 4.67. The summed E-state index contributed by atoms with van der Waals surface area (Å²) in [5.41, 5.74) is 1.62. The van der Waals surface area contributed by atoms with Crippen LogP contribution in [0.15, 0.2) is 47.3 Å². The third kappa shape index (κ3) is 1.70. The van der Waals surface area contributed by atoms with Gasteiger partial charge in [-0.05, 0) is 30.7 Å². The average Bonchev–Trinajstić information content (AvgIpc) is 2.43. The third-order valence-electron chi connectivity index (χ3n) is 3.43. The fourth-order valence-corrected chi connectivity index (χ4v) is 2.62. The van der Waals surface area contributed by atoms with Crippen LogP contribution in [0.2, 0.25) is 0 Å². The van der Waals surface area contributed by atoms with Gasteiger partial charge in [-0.25, -0.2) is 0 Å². The van der Waals surface area contributed by atoms with Gasteiger partial charge in [-0.2, -0.15) is 0 Å². The predicted molar refractivity (Wildman–Crippen MR) is 77.7 cm³/mol. The van der Waals surface area contributed by atoms with Gasteiger partial charge in [0.1, 0.15) is 5.75 Å². The molecule has 3 aromatic rings. The number of hydrogen-bond acceptors (Lipinski definition) is 2. The molecule has 1 heterocycles. The van der Waals surface area contributed by atoms with E-state index in [0.717, 1.165) is 24.0 Å². The first-order valence-corrected chi connectivity index (χ1v) is 6.47. The molecule has 0 aliphatic carbocycles. The fourth-order valence-electron chi connectivity index (χ4n) is 2.62. The maximum atomic E-state index is 12.5. The van der Waals surface area contributed by atoms with Crippen molar-refractivity contribution in [2.75, 3.05) is 0 Å². The van der Waals surface area contributed by atoms with E-state index in [-0.39, 0.29) is 11.2 Å². The molecule has 3 heteroatoms. The molecule has 0 fully saturated rings. The van der Waals surface area contributed by atoms with Gasteiger partial charge >= 0.3 is 0 Å². The van der Waals surface area contributed by atoms with E-state index in [1.54, 1.807) is 12.1 Å². The molecule has 0 atom stereocenters. The van der Waals surface area contributed by atoms with Crippen LogP contribution in [0, 0.1) is 0 Å². The van der Waals surface area contributed by atoms with Gasteiger partial charge in [0.2, 0.25) is 5.43 Å². The van der Waals surface area contributed by atoms with Gasteiger partial charge in [-0.3, -0.25) is 4.79 Å². The Morgan fingerprint density at radius 1 is 1.05 bits per heavy atom. The van der Waals surface area contributed by atoms with Crippen molar-refractivity contribution in [3.8, 4) is 5.75 Å². The van der Waals surface area contributed by atoms with Crippen molar-refractivity contribution < 1.29 is 5.11 Å². The first-order chi connectivity index (χ1) is 9.24. The highest BCUT2D eigenvalue weighted by Gasteiger charge is 2.12. The molecule has 19 heavy (non-hydrogen) atoms. The van der Waals surface area contributed by atoms with Crippen LogP contribution in [0.25, 0.3) is 21.8 Å². The minimum Gasteiger partial charge on any atom is -0.507 e. The summed E-state index contributed by atoms with van der Waals surface area (Å²) >= 11 is 0. The minimum atomic E-state index is -0.101. The number of phenolic OH excluding ortho intramolecular Hbond substituents is 1. The molecule has 0 saturated heterocycles. The molecule has 1 aromatic heterocycles. The second-order valence-corrected chi connectivity index (χ2v) is 4.67. The van der Waals surface area contributed by atoms with Crippen LogP contribution in [-0.2, 0) is 6.54 Å². The number of aromatic hydroxyl groups is 1. The Labute approximate surface area is 110 Å². The molecule has 0 amide bonds. The standard InChI is InChI=1S/C16H15NO2/c1-2-10-17-12-7-4-3-6-11(12)16(19)15-13(17)8-5-9-14(15)18/h3-9,18H,2,10H2,1H3. The van der Waals surface area contributed by atoms with Gasteiger partial charge in [-0.15, -0.1) is 0 Å². The van der Waals surface area contributed by atoms with E-state index in [2.05, 4.69) is 11.5 Å². The van der Waals surface area contributed by atoms with Crippen LogP contribution in [0.3, 0.4) is 0 Å². The van der Waals surface area contributed by atoms with Gasteiger partial charge in [0.25, 0.3) is 0 Å². The zero-order valence-electron chi connectivity index (χ0n) is 10.8. The number of benzene rings is 2. The third-order valence-corrected chi connectivity index (χ3v) is 3.43. The summed E-state index contributed by atoms with van der Waals surface area (Å²) < 4.78 is 2.10. The van der Waals surface area contributed by atoms with Gasteiger partial charge < -0.3 is 9.67 Å². The number of fused-ring (bicyclic) bond motifs is 2. The van der Waals surface area contributed by atoms with Crippen molar-refractivity contribution >= 4 is 21.8 Å². The molecule has 0 spiro atoms. The van der Waals surface area contributed by atoms with E-state index in [1.807, 2.05) is 30.3 Å². The summed E-state index contributed by atoms with van der Waals surface area (Å²) in [7, 11) is 0. The second kappa shape index (κ2) is 4.43. The summed E-state index contributed by atoms with van der Waals surface area (Å²) in [6.45, 7) is 2.92. The van der Waals surface area contributed by atoms with Crippen molar-refractivity contribution in [3.05, 3.63) is 52.7 Å². The smallest absolute Gasteiger partial charge is 0.200 e. The molecule has 2 aromatic carbocycles. The Bertz CT molecular complexity index is 818. The summed E-state index contributed by atoms with van der Waals surface area (Å²) in [6.07, 6.45) is 0.970. The van der Waals surface area contributed by atoms with E-state index >= 15 is 0 Å². The van der Waals surface area contributed by atoms with Crippen LogP contribution < -0.4 is 5.43 Å². The normalized spacial score (nSPS) is 11.2. The molecular weight excluding hydrogens is 238 g/mol. The zero-order chi connectivity index (χ0) is 13.4. The molecule has 1 N–H and O–H groups in total. The number of aromatic nitrogens is 1. The summed E-state index contributed by atoms with van der Waals surface area (Å²) in [5.74, 6) is 0.0538. The molecule has 0 aliphatic heterocycles. The molecular formula is C16H15NO2. The maximum Gasteiger partial charge on any atom is 0.200 e. The lowest BCUT2D eigenvalue weighted by Gasteiger charge is -2.14. The average molecular weight is 253 g/mol. The number of hydrogen-bond donors (Lipinski definition) is 1. The maximum absolute atomic E-state index is 12.5. The van der Waals surface area contributed by atoms with Gasteiger partial charge in [0, 0.05) is 11.9 Å². The van der Waals surface area contributed by atoms with Gasteiger partial charge in [0.15, 0.2) is 0 Å². The van der Waals surface area contributed by atoms with Crippen molar-refractivity contribution in [2.45, 2.75) is 19.9 Å². The van der Waals surface area contributed by atoms with E-state index in [0.29, 0.717) is 10.8 Å². The first kappa shape index (κ1) is 11.8. The predicted octanol–water partition coefficient (Wildman–Crippen LogP) is 3.27. The van der Waals surface area contributed by atoms with Gasteiger partial charge in [0.05, 0.1) is 16.4 Å². The SMILES string of the molecule is CCCn1c2ccccc2c(=O)c2c(O)cccc21. The topological polar surface area (TPSA) is 42.2 Å². The van der Waals surface area contributed by atoms with Crippen LogP contribution in [0.1, 0.15) is 13.3 Å². The van der Waals surface area contributed by atoms with Crippen molar-refractivity contribution in [2.24, 2.45) is 0 Å². The van der Waals surface area contributed by atoms with Crippen LogP contribution >= 0.6 is 0 Å². The molecule has 0 aliphatic rings. The zero-order valence-corrected chi connectivity index (χ0v) is 10.8. The number of pyridine rings is 1. The summed E-state index contributed by atoms with van der Waals surface area (Å²) in [6, 6.07) is 12.8. The Morgan fingerprint density at radius 3 is 2.58 bits per heavy atom. The number of para-hydroxylation sites is 1. The molecule has 0 saturated carbocycles. The van der Waals surface area contributed by atoms with E-state index < -0.39 is 0 Å². The van der Waals surface area contributed by atoms with Crippen molar-refractivity contribution in [1.82, 2.24) is 4.57 Å². The molecule has 0 radical (unpaired) electrons. The van der Waals surface area contributed by atoms with Crippen LogP contribution in [0.5, 0.6) is 5.75 Å². The monoisotopic (exact) mass is 253 g/mol. The first-order valence-electron chi connectivity index (χ1n) is 6.47. The number of rotatable bonds is 2. The lowest BCUT2D eigenvalue weighted by atomic mass is 10.1. The van der Waals surface area contributed by atoms with E-state index in [1.165, 1.54) is 0 Å². The molecule has 3 nitrogen and oxygen atoms in total. The summed E-state index contributed by atoms with van der Waals surface area (Å²) in [4.78, 5) is 12.5. The molecule has 3 rings (SSSR count). The van der Waals surface area contributed by atoms with Gasteiger partial charge in [-0.1, -0.05) is 25.1 Å². The highest BCUT2D eigenvalue weighted by molar-refractivity contribution is 5.96. The highest BCUT2D eigenvalue weighted by Crippen LogP contribution is 2.25. The Balaban J connectivity index is 2.62. The van der Waals surface area contributed by atoms with Crippen LogP contribution in [0.4, 0.5) is 0 Å². The Hall–Kier alpha value is -2.29. The van der Waals surface area contributed by atoms with E-state index in [9.17, 15) is 9.90 Å². The van der Waals surface area contributed by atoms with E-state index in [4.69, 9.17) is 0 Å². The lowest BCUT2D eigenvalue weighted by Crippen LogP contribution is -2.11. The summed E-state index contributed by atoms with van der Waals surface area (Å²) in [5, 5.41) is 11.1. The number of phenols is 1. The molecule has 0 bridgehead atoms. The fraction of sp³-hybridized carbons (Fsp3) is 0.188. The highest BCUT2D eigenvalue weighted by atomic mass is 16.3. The largest absolute Gasteiger partial charge is 0.507 e. The molecule has 0 unspecified atom stereocenters. The van der Waals surface area contributed by atoms with Crippen LogP contribution in [-0.4, -0.2) is 9.67 Å². The molecule has 96 valence electrons. The minimum absolute atomic E-state index is 0.0538. The Kier molecular flexibility index (Phi) is 2.75. The van der Waals surface area contributed by atoms with Crippen molar-refractivity contribution in [1.29, 1.82) is 0 Å². The quantitative estimate of drug-likeness (QED) is 0.712. The van der Waals surface area contributed by atoms with Crippen molar-refractivity contribution in [3.63, 3.8) is 0 Å². The Morgan fingerprint density at radius 2 is 1.79 bits per heavy atom.